The van der Waals surface area contributed by atoms with Crippen LogP contribution in [0, 0.1) is 5.92 Å². The molecule has 0 unspecified atom stereocenters. The highest BCUT2D eigenvalue weighted by Gasteiger charge is 2.46. The van der Waals surface area contributed by atoms with Gasteiger partial charge in [0.15, 0.2) is 0 Å². The number of benzene rings is 1. The lowest BCUT2D eigenvalue weighted by molar-refractivity contribution is 0.279. The normalized spacial score (nSPS) is 32.9. The molecule has 0 aliphatic heterocycles. The molecular formula is C15H16. The van der Waals surface area contributed by atoms with Crippen molar-refractivity contribution in [2.75, 3.05) is 0 Å². The second kappa shape index (κ2) is 3.10. The Labute approximate surface area is 91.3 Å². The highest BCUT2D eigenvalue weighted by Crippen LogP contribution is 2.54. The summed E-state index contributed by atoms with van der Waals surface area (Å²) < 4.78 is 0. The third kappa shape index (κ3) is 1.21. The van der Waals surface area contributed by atoms with Crippen LogP contribution < -0.4 is 0 Å². The van der Waals surface area contributed by atoms with Crippen molar-refractivity contribution in [3.8, 4) is 0 Å². The zero-order chi connectivity index (χ0) is 10.3. The molecule has 0 aromatic heterocycles. The Bertz CT molecular complexity index is 425. The van der Waals surface area contributed by atoms with Crippen LogP contribution in [0.3, 0.4) is 0 Å². The first kappa shape index (κ1) is 8.96. The van der Waals surface area contributed by atoms with Gasteiger partial charge < -0.3 is 0 Å². The van der Waals surface area contributed by atoms with Crippen molar-refractivity contribution in [3.63, 3.8) is 0 Å². The van der Waals surface area contributed by atoms with E-state index >= 15 is 0 Å². The first-order valence-electron chi connectivity index (χ1n) is 5.72. The molecule has 0 N–H and O–H groups in total. The summed E-state index contributed by atoms with van der Waals surface area (Å²) in [6.07, 6.45) is 9.47. The van der Waals surface area contributed by atoms with Gasteiger partial charge in [0.25, 0.3) is 0 Å². The average Bonchev–Trinajstić information content (AvgIpc) is 2.29. The molecule has 1 saturated carbocycles. The molecule has 0 heterocycles. The van der Waals surface area contributed by atoms with Crippen LogP contribution in [0.15, 0.2) is 54.1 Å². The van der Waals surface area contributed by atoms with E-state index in [0.717, 1.165) is 6.42 Å². The zero-order valence-corrected chi connectivity index (χ0v) is 9.11. The largest absolute Gasteiger partial charge is 0.0841 e. The van der Waals surface area contributed by atoms with Gasteiger partial charge in [0.05, 0.1) is 0 Å². The second-order valence-electron chi connectivity index (χ2n) is 4.88. The summed E-state index contributed by atoms with van der Waals surface area (Å²) in [4.78, 5) is 0. The van der Waals surface area contributed by atoms with E-state index < -0.39 is 0 Å². The third-order valence-electron chi connectivity index (χ3n) is 3.94. The summed E-state index contributed by atoms with van der Waals surface area (Å²) >= 11 is 0. The lowest BCUT2D eigenvalue weighted by atomic mass is 9.54. The van der Waals surface area contributed by atoms with Gasteiger partial charge in [-0.15, -0.1) is 0 Å². The molecule has 0 bridgehead atoms. The molecule has 0 spiro atoms. The van der Waals surface area contributed by atoms with E-state index in [4.69, 9.17) is 0 Å². The SMILES string of the molecule is C[C@@]1(c2ccccc2)CC2=CCC=C[C@H]21. The molecule has 2 aliphatic carbocycles. The summed E-state index contributed by atoms with van der Waals surface area (Å²) in [6, 6.07) is 10.9. The van der Waals surface area contributed by atoms with Crippen molar-refractivity contribution in [2.45, 2.75) is 25.2 Å². The van der Waals surface area contributed by atoms with Crippen LogP contribution >= 0.6 is 0 Å². The predicted octanol–water partition coefficient (Wildman–Crippen LogP) is 3.85. The van der Waals surface area contributed by atoms with Gasteiger partial charge in [-0.05, 0) is 18.4 Å². The number of hydrogen-bond donors (Lipinski definition) is 0. The molecule has 0 amide bonds. The van der Waals surface area contributed by atoms with Gasteiger partial charge in [-0.1, -0.05) is 61.1 Å². The second-order valence-corrected chi connectivity index (χ2v) is 4.88. The fourth-order valence-electron chi connectivity index (χ4n) is 2.99. The van der Waals surface area contributed by atoms with Crippen LogP contribution in [0.25, 0.3) is 0 Å². The minimum Gasteiger partial charge on any atom is -0.0841 e. The molecule has 1 aromatic rings. The van der Waals surface area contributed by atoms with E-state index in [1.54, 1.807) is 5.57 Å². The van der Waals surface area contributed by atoms with E-state index in [1.165, 1.54) is 12.0 Å². The van der Waals surface area contributed by atoms with Gasteiger partial charge in [-0.3, -0.25) is 0 Å². The fraction of sp³-hybridized carbons (Fsp3) is 0.333. The monoisotopic (exact) mass is 196 g/mol. The van der Waals surface area contributed by atoms with Crippen molar-refractivity contribution in [1.82, 2.24) is 0 Å². The van der Waals surface area contributed by atoms with Crippen LogP contribution in [0.2, 0.25) is 0 Å². The Hall–Kier alpha value is -1.30. The Morgan fingerprint density at radius 1 is 1.20 bits per heavy atom. The van der Waals surface area contributed by atoms with Gasteiger partial charge in [-0.2, -0.15) is 0 Å². The first-order chi connectivity index (χ1) is 7.31. The van der Waals surface area contributed by atoms with Gasteiger partial charge in [-0.25, -0.2) is 0 Å². The maximum Gasteiger partial charge on any atom is 0.00747 e. The standard InChI is InChI=1S/C15H16/c1-15(13-8-3-2-4-9-13)11-12-7-5-6-10-14(12)15/h2-4,6-10,14H,5,11H2,1H3/t14-,15+/m1/s1. The van der Waals surface area contributed by atoms with Crippen LogP contribution in [-0.2, 0) is 5.41 Å². The summed E-state index contributed by atoms with van der Waals surface area (Å²) in [7, 11) is 0. The van der Waals surface area contributed by atoms with Crippen LogP contribution in [0.1, 0.15) is 25.3 Å². The predicted molar refractivity (Wildman–Crippen MR) is 63.7 cm³/mol. The van der Waals surface area contributed by atoms with Crippen molar-refractivity contribution in [1.29, 1.82) is 0 Å². The number of rotatable bonds is 1. The van der Waals surface area contributed by atoms with E-state index in [2.05, 4.69) is 55.5 Å². The number of allylic oxidation sites excluding steroid dienone is 4. The molecule has 2 aliphatic rings. The molecule has 0 radical (unpaired) electrons. The molecule has 1 fully saturated rings. The smallest absolute Gasteiger partial charge is 0.00747 e. The van der Waals surface area contributed by atoms with Crippen molar-refractivity contribution in [2.24, 2.45) is 5.92 Å². The molecule has 0 saturated heterocycles. The summed E-state index contributed by atoms with van der Waals surface area (Å²) in [5.41, 5.74) is 3.48. The van der Waals surface area contributed by atoms with E-state index in [-0.39, 0.29) is 0 Å². The number of fused-ring (bicyclic) bond motifs is 1. The summed E-state index contributed by atoms with van der Waals surface area (Å²) in [6.45, 7) is 2.39. The molecular weight excluding hydrogens is 180 g/mol. The molecule has 1 aromatic carbocycles. The van der Waals surface area contributed by atoms with Gasteiger partial charge in [0.1, 0.15) is 0 Å². The zero-order valence-electron chi connectivity index (χ0n) is 9.11. The highest BCUT2D eigenvalue weighted by molar-refractivity contribution is 5.43. The topological polar surface area (TPSA) is 0 Å². The van der Waals surface area contributed by atoms with Gasteiger partial charge >= 0.3 is 0 Å². The average molecular weight is 196 g/mol. The maximum atomic E-state index is 2.40. The lowest BCUT2D eigenvalue weighted by Crippen LogP contribution is -2.43. The molecule has 0 heteroatoms. The van der Waals surface area contributed by atoms with Crippen LogP contribution in [0.4, 0.5) is 0 Å². The lowest BCUT2D eigenvalue weighted by Gasteiger charge is -2.50. The van der Waals surface area contributed by atoms with E-state index in [9.17, 15) is 0 Å². The summed E-state index contributed by atoms with van der Waals surface area (Å²) in [5, 5.41) is 0. The summed E-state index contributed by atoms with van der Waals surface area (Å²) in [5.74, 6) is 0.661. The fourth-order valence-corrected chi connectivity index (χ4v) is 2.99. The van der Waals surface area contributed by atoms with E-state index in [0.29, 0.717) is 11.3 Å². The van der Waals surface area contributed by atoms with Crippen molar-refractivity contribution >= 4 is 0 Å². The highest BCUT2D eigenvalue weighted by atomic mass is 14.5. The Morgan fingerprint density at radius 3 is 2.73 bits per heavy atom. The molecule has 2 atom stereocenters. The molecule has 15 heavy (non-hydrogen) atoms. The van der Waals surface area contributed by atoms with Crippen molar-refractivity contribution in [3.05, 3.63) is 59.7 Å². The number of hydrogen-bond acceptors (Lipinski definition) is 0. The maximum absolute atomic E-state index is 2.40. The first-order valence-corrected chi connectivity index (χ1v) is 5.72. The molecule has 0 nitrogen and oxygen atoms in total. The van der Waals surface area contributed by atoms with Gasteiger partial charge in [0.2, 0.25) is 0 Å². The van der Waals surface area contributed by atoms with Crippen molar-refractivity contribution < 1.29 is 0 Å². The Morgan fingerprint density at radius 2 is 2.00 bits per heavy atom. The molecule has 76 valence electrons. The minimum absolute atomic E-state index is 0.351. The van der Waals surface area contributed by atoms with Crippen LogP contribution in [-0.4, -0.2) is 0 Å². The van der Waals surface area contributed by atoms with Crippen LogP contribution in [0.5, 0.6) is 0 Å². The molecule has 3 rings (SSSR count). The van der Waals surface area contributed by atoms with E-state index in [1.807, 2.05) is 0 Å². The Kier molecular flexibility index (Phi) is 1.85. The van der Waals surface area contributed by atoms with Gasteiger partial charge in [0, 0.05) is 11.3 Å². The third-order valence-corrected chi connectivity index (χ3v) is 3.94. The Balaban J connectivity index is 1.97. The quantitative estimate of drug-likeness (QED) is 0.598. The minimum atomic E-state index is 0.351.